The number of aliphatic hydroxyl groups is 1. The molecule has 0 saturated carbocycles. The number of nitrogens with one attached hydrogen (secondary N) is 1. The van der Waals surface area contributed by atoms with Crippen molar-refractivity contribution >= 4 is 77.8 Å². The van der Waals surface area contributed by atoms with Crippen molar-refractivity contribution in [2.24, 2.45) is 0 Å². The van der Waals surface area contributed by atoms with E-state index in [1.54, 1.807) is 41.5 Å². The summed E-state index contributed by atoms with van der Waals surface area (Å²) in [7, 11) is 2.55. The van der Waals surface area contributed by atoms with Crippen LogP contribution in [0.1, 0.15) is 65.5 Å². The van der Waals surface area contributed by atoms with Crippen LogP contribution < -0.4 is 15.0 Å². The number of amides is 2. The largest absolute Gasteiger partial charge is 0.487 e. The van der Waals surface area contributed by atoms with Crippen LogP contribution in [-0.4, -0.2) is 112 Å². The summed E-state index contributed by atoms with van der Waals surface area (Å²) < 4.78 is 33.2. The molecule has 354 valence electrons. The number of aromatic nitrogens is 2. The minimum absolute atomic E-state index is 0.0919. The highest BCUT2D eigenvalue weighted by Crippen LogP contribution is 2.35. The summed E-state index contributed by atoms with van der Waals surface area (Å²) in [4.78, 5) is 70.0. The Morgan fingerprint density at radius 1 is 0.742 bits per heavy atom. The van der Waals surface area contributed by atoms with Gasteiger partial charge in [0.05, 0.1) is 48.9 Å². The van der Waals surface area contributed by atoms with Crippen molar-refractivity contribution in [1.29, 1.82) is 0 Å². The van der Waals surface area contributed by atoms with Crippen molar-refractivity contribution in [1.82, 2.24) is 19.8 Å². The second-order valence-corrected chi connectivity index (χ2v) is 19.1. The second kappa shape index (κ2) is 22.2. The number of rotatable bonds is 7. The monoisotopic (exact) mass is 1040 g/mol. The van der Waals surface area contributed by atoms with Crippen LogP contribution in [0.3, 0.4) is 0 Å². The van der Waals surface area contributed by atoms with Gasteiger partial charge in [-0.15, -0.1) is 0 Å². The third-order valence-electron chi connectivity index (χ3n) is 10.1. The van der Waals surface area contributed by atoms with Crippen molar-refractivity contribution in [2.45, 2.75) is 103 Å². The van der Waals surface area contributed by atoms with Crippen LogP contribution in [0, 0.1) is 6.92 Å². The summed E-state index contributed by atoms with van der Waals surface area (Å²) >= 11 is 6.87. The van der Waals surface area contributed by atoms with E-state index in [2.05, 4.69) is 46.6 Å². The van der Waals surface area contributed by atoms with Crippen LogP contribution in [0.4, 0.5) is 9.59 Å². The number of likely N-dealkylation sites (tertiary alicyclic amines) is 2. The number of fused-ring (bicyclic) bond motifs is 2. The van der Waals surface area contributed by atoms with Gasteiger partial charge in [0, 0.05) is 23.6 Å². The van der Waals surface area contributed by atoms with Crippen LogP contribution >= 0.6 is 31.9 Å². The van der Waals surface area contributed by atoms with E-state index in [0.717, 1.165) is 37.4 Å². The summed E-state index contributed by atoms with van der Waals surface area (Å²) in [5, 5.41) is 11.4. The van der Waals surface area contributed by atoms with E-state index in [0.29, 0.717) is 29.1 Å². The Kier molecular flexibility index (Phi) is 17.2. The Hall–Kier alpha value is -5.72. The average molecular weight is 1040 g/mol. The van der Waals surface area contributed by atoms with E-state index < -0.39 is 59.6 Å². The Bertz CT molecular complexity index is 2580. The zero-order valence-corrected chi connectivity index (χ0v) is 41.6. The van der Waals surface area contributed by atoms with E-state index in [1.807, 2.05) is 85.8 Å². The van der Waals surface area contributed by atoms with Crippen LogP contribution in [-0.2, 0) is 35.1 Å². The number of esters is 2. The maximum atomic E-state index is 12.6. The number of hydrogen-bond acceptors (Lipinski definition) is 13. The molecule has 0 radical (unpaired) electrons. The number of methoxy groups -OCH3 is 2. The van der Waals surface area contributed by atoms with Gasteiger partial charge in [0.2, 0.25) is 5.88 Å². The topological polar surface area (TPSA) is 196 Å². The molecule has 7 rings (SSSR count). The first-order valence-electron chi connectivity index (χ1n) is 21.1. The van der Waals surface area contributed by atoms with Gasteiger partial charge in [0.25, 0.3) is 5.56 Å². The molecule has 2 amide bonds. The third kappa shape index (κ3) is 13.4. The summed E-state index contributed by atoms with van der Waals surface area (Å²) in [5.74, 6) is -0.0230. The molecule has 2 aliphatic heterocycles. The zero-order valence-electron chi connectivity index (χ0n) is 38.4. The molecule has 5 aromatic rings. The lowest BCUT2D eigenvalue weighted by Gasteiger charge is -2.27. The van der Waals surface area contributed by atoms with Crippen LogP contribution in [0.5, 0.6) is 11.6 Å². The lowest BCUT2D eigenvalue weighted by atomic mass is 10.1. The number of aromatic amines is 1. The maximum Gasteiger partial charge on any atom is 0.411 e. The molecule has 3 aromatic carbocycles. The van der Waals surface area contributed by atoms with Crippen LogP contribution in [0.15, 0.2) is 92.6 Å². The molecular weight excluding hydrogens is 984 g/mol. The number of halogens is 2. The number of aliphatic hydroxyl groups excluding tert-OH is 1. The zero-order chi connectivity index (χ0) is 48.5. The van der Waals surface area contributed by atoms with Crippen LogP contribution in [0.25, 0.3) is 21.8 Å². The van der Waals surface area contributed by atoms with E-state index >= 15 is 0 Å². The van der Waals surface area contributed by atoms with Crippen molar-refractivity contribution < 1.29 is 52.7 Å². The van der Waals surface area contributed by atoms with Crippen LogP contribution in [0.2, 0.25) is 0 Å². The third-order valence-corrected chi connectivity index (χ3v) is 11.8. The molecule has 0 unspecified atom stereocenters. The molecule has 66 heavy (non-hydrogen) atoms. The standard InChI is InChI=1S/C21H25BrN2O5.C16H12BrNO2.C11H19NO5/c1-12-14-8-6-7-9-15(14)23-18(17(12)22)28-13-10-16(19(25)27-5)24(11-13)20(26)29-21(2,3)4;17-14-15(20-10-11-6-2-1-3-7-11)12-8-4-5-9-13(12)18-16(14)19;1-11(2,3)17-10(15)12-6-7(13)5-8(12)9(14)16-4/h6-9,13,16H,10-11H2,1-5H3;1-9H,10H2,(H,18,19);7-8,13H,5-6H2,1-4H3/t13-,16+;;7-,8-/m1.0/s1. The number of para-hydroxylation sites is 2. The predicted molar refractivity (Wildman–Crippen MR) is 254 cm³/mol. The van der Waals surface area contributed by atoms with Gasteiger partial charge in [-0.1, -0.05) is 60.7 Å². The summed E-state index contributed by atoms with van der Waals surface area (Å²) in [6.45, 7) is 13.3. The summed E-state index contributed by atoms with van der Waals surface area (Å²) in [6, 6.07) is 23.7. The number of hydrogen-bond donors (Lipinski definition) is 2. The van der Waals surface area contributed by atoms with Gasteiger partial charge in [-0.05, 0) is 110 Å². The van der Waals surface area contributed by atoms with Gasteiger partial charge in [-0.25, -0.2) is 24.2 Å². The fourth-order valence-corrected chi connectivity index (χ4v) is 7.90. The average Bonchev–Trinajstić information content (AvgIpc) is 3.89. The normalized spacial score (nSPS) is 18.1. The SMILES string of the molecule is COC(=O)[C@@H]1C[C@@H](Oc2nc3ccccc3c(C)c2Br)CN1C(=O)OC(C)(C)C.COC(=O)[C@@H]1C[C@H](O)CN1C(=O)OC(C)(C)C.O=c1[nH]c2ccccc2c(OCc2ccccc2)c1Br. The number of ether oxygens (including phenoxy) is 6. The maximum absolute atomic E-state index is 12.6. The van der Waals surface area contributed by atoms with Gasteiger partial charge < -0.3 is 38.5 Å². The quantitative estimate of drug-likeness (QED) is 0.116. The molecule has 2 aromatic heterocycles. The lowest BCUT2D eigenvalue weighted by Crippen LogP contribution is -2.44. The van der Waals surface area contributed by atoms with E-state index in [9.17, 15) is 29.1 Å². The fourth-order valence-electron chi connectivity index (χ4n) is 7.08. The molecule has 0 spiro atoms. The number of carbonyl (C=O) groups excluding carboxylic acids is 4. The predicted octanol–water partition coefficient (Wildman–Crippen LogP) is 8.63. The summed E-state index contributed by atoms with van der Waals surface area (Å²) in [6.07, 6.45) is -1.83. The van der Waals surface area contributed by atoms with E-state index in [1.165, 1.54) is 24.0 Å². The van der Waals surface area contributed by atoms with Gasteiger partial charge >= 0.3 is 24.1 Å². The van der Waals surface area contributed by atoms with Gasteiger partial charge in [-0.2, -0.15) is 0 Å². The summed E-state index contributed by atoms with van der Waals surface area (Å²) in [5.41, 5.74) is 2.16. The Morgan fingerprint density at radius 3 is 1.86 bits per heavy atom. The van der Waals surface area contributed by atoms with Gasteiger partial charge in [-0.3, -0.25) is 14.6 Å². The van der Waals surface area contributed by atoms with Crippen molar-refractivity contribution in [2.75, 3.05) is 27.3 Å². The molecule has 2 aliphatic rings. The van der Waals surface area contributed by atoms with E-state index in [-0.39, 0.29) is 25.1 Å². The van der Waals surface area contributed by atoms with Crippen molar-refractivity contribution in [3.8, 4) is 11.6 Å². The smallest absolute Gasteiger partial charge is 0.411 e. The molecule has 0 bridgehead atoms. The number of nitrogens with zero attached hydrogens (tertiary/aromatic N) is 3. The molecule has 2 saturated heterocycles. The highest BCUT2D eigenvalue weighted by Gasteiger charge is 2.44. The Morgan fingerprint density at radius 2 is 1.27 bits per heavy atom. The first-order chi connectivity index (χ1) is 31.1. The molecule has 4 atom stereocenters. The molecule has 2 N–H and O–H groups in total. The van der Waals surface area contributed by atoms with Crippen molar-refractivity contribution in [3.05, 3.63) is 109 Å². The molecule has 18 heteroatoms. The highest BCUT2D eigenvalue weighted by molar-refractivity contribution is 9.11. The molecule has 16 nitrogen and oxygen atoms in total. The van der Waals surface area contributed by atoms with E-state index in [4.69, 9.17) is 23.7 Å². The van der Waals surface area contributed by atoms with Gasteiger partial charge in [0.1, 0.15) is 46.2 Å². The lowest BCUT2D eigenvalue weighted by molar-refractivity contribution is -0.146. The molecule has 4 heterocycles. The fraction of sp³-hybridized carbons (Fsp3) is 0.417. The van der Waals surface area contributed by atoms with Gasteiger partial charge in [0.15, 0.2) is 0 Å². The molecule has 0 aliphatic carbocycles. The van der Waals surface area contributed by atoms with Crippen molar-refractivity contribution in [3.63, 3.8) is 0 Å². The number of pyridine rings is 2. The Balaban J connectivity index is 0.000000194. The Labute approximate surface area is 400 Å². The highest BCUT2D eigenvalue weighted by atomic mass is 79.9. The minimum atomic E-state index is -0.764. The second-order valence-electron chi connectivity index (χ2n) is 17.5. The minimum Gasteiger partial charge on any atom is -0.487 e. The molecular formula is C48H56Br2N4O12. The number of β-amino-alcohol motifs (C(OH)–C–C–N with tert-alkyl or cyclic N) is 1. The first kappa shape index (κ1) is 51.3. The number of H-pyrrole nitrogens is 1. The number of benzene rings is 3. The number of carbonyl (C=O) groups is 4. The number of aryl methyl sites for hydroxylation is 1. The first-order valence-corrected chi connectivity index (χ1v) is 22.7. The molecule has 2 fully saturated rings.